The summed E-state index contributed by atoms with van der Waals surface area (Å²) in [6.45, 7) is 16.7. The van der Waals surface area contributed by atoms with Crippen molar-refractivity contribution in [1.82, 2.24) is 0 Å². The number of hydrogen-bond donors (Lipinski definition) is 0. The molecule has 0 radical (unpaired) electrons. The molecule has 65 heavy (non-hydrogen) atoms. The van der Waals surface area contributed by atoms with Crippen LogP contribution < -0.4 is 19.8 Å². The second-order valence-electron chi connectivity index (χ2n) is 18.6. The molecule has 2 unspecified atom stereocenters. The first-order chi connectivity index (χ1) is 30.9. The zero-order chi connectivity index (χ0) is 47.3. The van der Waals surface area contributed by atoms with Gasteiger partial charge < -0.3 is 37.6 Å². The third-order valence-corrected chi connectivity index (χ3v) is 17.6. The summed E-state index contributed by atoms with van der Waals surface area (Å²) >= 11 is 0. The molecule has 5 rings (SSSR count). The molecule has 0 saturated carbocycles. The van der Waals surface area contributed by atoms with Crippen LogP contribution in [-0.2, 0) is 33.1 Å². The lowest BCUT2D eigenvalue weighted by atomic mass is 10.0. The Kier molecular flexibility index (Phi) is 18.1. The summed E-state index contributed by atoms with van der Waals surface area (Å²) in [5.74, 6) is -1.49. The Bertz CT molecular complexity index is 2150. The average Bonchev–Trinajstić information content (AvgIpc) is 3.59. The molecule has 14 heteroatoms. The fourth-order valence-electron chi connectivity index (χ4n) is 7.79. The van der Waals surface area contributed by atoms with Crippen LogP contribution in [0.4, 0.5) is 4.53 Å². The lowest BCUT2D eigenvalue weighted by molar-refractivity contribution is -0.246. The van der Waals surface area contributed by atoms with E-state index in [2.05, 4.69) is 45.4 Å². The molecule has 0 bridgehead atoms. The van der Waals surface area contributed by atoms with Crippen LogP contribution in [0.15, 0.2) is 121 Å². The summed E-state index contributed by atoms with van der Waals surface area (Å²) in [7, 11) is -1.68. The highest BCUT2D eigenvalue weighted by atomic mass is 28.4. The van der Waals surface area contributed by atoms with Crippen molar-refractivity contribution in [2.45, 2.75) is 109 Å². The van der Waals surface area contributed by atoms with Gasteiger partial charge in [-0.05, 0) is 76.1 Å². The number of hydrogen-bond acceptors (Lipinski definition) is 11. The highest BCUT2D eigenvalue weighted by Gasteiger charge is 2.52. The molecular weight excluding hydrogens is 864 g/mol. The fraction of sp³-hybridized carbons (Fsp3) is 0.412. The van der Waals surface area contributed by atoms with Crippen molar-refractivity contribution in [3.63, 3.8) is 0 Å². The Morgan fingerprint density at radius 1 is 0.846 bits per heavy atom. The van der Waals surface area contributed by atoms with Gasteiger partial charge in [-0.25, -0.2) is 9.59 Å². The molecule has 1 aliphatic heterocycles. The first-order valence-corrected chi connectivity index (χ1v) is 27.5. The van der Waals surface area contributed by atoms with Crippen LogP contribution in [0.5, 0.6) is 11.5 Å². The number of methoxy groups -OCH3 is 2. The standard InChI is InChI=1S/C51H65FO11Si2/c1-50(2,3)65(40-25-16-12-17-26-40,41-27-18-13-19-28-41)63-45(62-52)31-21-29-42(59-48(53)37-22-14-11-15-23-37)47-43(60-51(4,5)61-47)30-20-24-38-34-39(56-7)35-44(58-36-55-6)46(38)49(54)57-32-33-64(8,9)10/h11-29,34-35,42-43,45,47H,30-33,36H2,1-10H3/b24-20+,29-21-/t42?,43-,45?,47+/m0/s1. The molecule has 1 heterocycles. The van der Waals surface area contributed by atoms with Crippen molar-refractivity contribution >= 4 is 44.8 Å². The first kappa shape index (κ1) is 51.1. The van der Waals surface area contributed by atoms with Gasteiger partial charge in [0.1, 0.15) is 29.3 Å². The maximum Gasteiger partial charge on any atom is 0.342 e. The Morgan fingerprint density at radius 3 is 2.02 bits per heavy atom. The maximum absolute atomic E-state index is 14.8. The summed E-state index contributed by atoms with van der Waals surface area (Å²) in [4.78, 5) is 32.0. The molecule has 350 valence electrons. The Balaban J connectivity index is 1.47. The van der Waals surface area contributed by atoms with Crippen molar-refractivity contribution in [1.29, 1.82) is 0 Å². The van der Waals surface area contributed by atoms with E-state index in [9.17, 15) is 14.1 Å². The highest BCUT2D eigenvalue weighted by molar-refractivity contribution is 6.99. The summed E-state index contributed by atoms with van der Waals surface area (Å²) in [6, 6.07) is 32.6. The summed E-state index contributed by atoms with van der Waals surface area (Å²) in [6.07, 6.45) is 3.44. The highest BCUT2D eigenvalue weighted by Crippen LogP contribution is 2.39. The number of rotatable bonds is 22. The number of halogens is 1. The van der Waals surface area contributed by atoms with E-state index in [-0.39, 0.29) is 37.6 Å². The molecule has 1 fully saturated rings. The predicted octanol–water partition coefficient (Wildman–Crippen LogP) is 10.1. The number of carbonyl (C=O) groups excluding carboxylic acids is 2. The van der Waals surface area contributed by atoms with Crippen molar-refractivity contribution in [3.05, 3.63) is 138 Å². The van der Waals surface area contributed by atoms with Gasteiger partial charge in [-0.1, -0.05) is 138 Å². The molecule has 4 aromatic rings. The van der Waals surface area contributed by atoms with Gasteiger partial charge in [-0.3, -0.25) is 0 Å². The smallest absolute Gasteiger partial charge is 0.342 e. The van der Waals surface area contributed by atoms with Crippen molar-refractivity contribution in [2.75, 3.05) is 27.6 Å². The molecule has 11 nitrogen and oxygen atoms in total. The number of carbonyl (C=O) groups is 2. The summed E-state index contributed by atoms with van der Waals surface area (Å²) < 4.78 is 63.2. The SMILES string of the molecule is COCOc1cc(OC)cc(/C=C/C[C@@H]2OC(C)(C)O[C@@H]2C(/C=C\CC(OF)O[Si](c2ccccc2)(c2ccccc2)C(C)(C)C)OC(=O)c2ccccc2)c1C(=O)OCC[Si](C)(C)C. The van der Waals surface area contributed by atoms with Crippen molar-refractivity contribution < 1.29 is 56.6 Å². The fourth-order valence-corrected chi connectivity index (χ4v) is 13.0. The van der Waals surface area contributed by atoms with Gasteiger partial charge in [-0.2, -0.15) is 4.94 Å². The average molecular weight is 929 g/mol. The molecule has 4 aromatic carbocycles. The van der Waals surface area contributed by atoms with Gasteiger partial charge in [0, 0.05) is 27.7 Å². The van der Waals surface area contributed by atoms with Crippen LogP contribution in [0.1, 0.15) is 73.7 Å². The van der Waals surface area contributed by atoms with Gasteiger partial charge in [0.15, 0.2) is 18.9 Å². The van der Waals surface area contributed by atoms with Crippen LogP contribution >= 0.6 is 0 Å². The molecule has 1 aliphatic rings. The predicted molar refractivity (Wildman–Crippen MR) is 255 cm³/mol. The Hall–Kier alpha value is -4.94. The van der Waals surface area contributed by atoms with E-state index in [4.69, 9.17) is 37.6 Å². The van der Waals surface area contributed by atoms with E-state index in [0.29, 0.717) is 16.9 Å². The van der Waals surface area contributed by atoms with Gasteiger partial charge in [-0.15, -0.1) is 0 Å². The zero-order valence-corrected chi connectivity index (χ0v) is 41.3. The normalized spacial score (nSPS) is 17.5. The third-order valence-electron chi connectivity index (χ3n) is 10.9. The third kappa shape index (κ3) is 13.8. The van der Waals surface area contributed by atoms with Crippen molar-refractivity contribution in [3.8, 4) is 11.5 Å². The monoisotopic (exact) mass is 928 g/mol. The molecule has 0 spiro atoms. The largest absolute Gasteiger partial charge is 0.497 e. The van der Waals surface area contributed by atoms with Crippen LogP contribution in [0.2, 0.25) is 30.7 Å². The molecule has 0 aliphatic carbocycles. The number of ether oxygens (including phenoxy) is 7. The van der Waals surface area contributed by atoms with E-state index in [1.807, 2.05) is 72.8 Å². The molecule has 1 saturated heterocycles. The van der Waals surface area contributed by atoms with Gasteiger partial charge >= 0.3 is 11.9 Å². The second kappa shape index (κ2) is 23.0. The van der Waals surface area contributed by atoms with Gasteiger partial charge in [0.25, 0.3) is 8.32 Å². The lowest BCUT2D eigenvalue weighted by Crippen LogP contribution is -2.67. The van der Waals surface area contributed by atoms with Crippen LogP contribution in [0.3, 0.4) is 0 Å². The zero-order valence-electron chi connectivity index (χ0n) is 39.3. The molecule has 0 amide bonds. The van der Waals surface area contributed by atoms with Gasteiger partial charge in [0.2, 0.25) is 0 Å². The Labute approximate surface area is 385 Å². The van der Waals surface area contributed by atoms with E-state index in [1.165, 1.54) is 14.2 Å². The molecule has 0 N–H and O–H groups in total. The summed E-state index contributed by atoms with van der Waals surface area (Å²) in [5, 5.41) is 1.49. The van der Waals surface area contributed by atoms with E-state index in [1.54, 1.807) is 68.5 Å². The maximum atomic E-state index is 14.8. The minimum absolute atomic E-state index is 0.0257. The van der Waals surface area contributed by atoms with Crippen LogP contribution in [0, 0.1) is 0 Å². The molecular formula is C51H65FO11Si2. The van der Waals surface area contributed by atoms with E-state index < -0.39 is 63.8 Å². The topological polar surface area (TPSA) is 117 Å². The Morgan fingerprint density at radius 2 is 1.46 bits per heavy atom. The quantitative estimate of drug-likeness (QED) is 0.0325. The van der Waals surface area contributed by atoms with Gasteiger partial charge in [0.05, 0.1) is 25.4 Å². The molecule has 4 atom stereocenters. The molecule has 0 aromatic heterocycles. The minimum atomic E-state index is -3.21. The lowest BCUT2D eigenvalue weighted by Gasteiger charge is -2.44. The first-order valence-electron chi connectivity index (χ1n) is 21.9. The second-order valence-corrected chi connectivity index (χ2v) is 28.4. The summed E-state index contributed by atoms with van der Waals surface area (Å²) in [5.41, 5.74) is 1.06. The number of benzene rings is 4. The minimum Gasteiger partial charge on any atom is -0.497 e. The number of esters is 2. The van der Waals surface area contributed by atoms with E-state index in [0.717, 1.165) is 16.4 Å². The van der Waals surface area contributed by atoms with E-state index >= 15 is 0 Å². The van der Waals surface area contributed by atoms with Crippen LogP contribution in [0.25, 0.3) is 6.08 Å². The van der Waals surface area contributed by atoms with Crippen LogP contribution in [-0.4, -0.2) is 86.3 Å². The van der Waals surface area contributed by atoms with Crippen molar-refractivity contribution in [2.24, 2.45) is 0 Å².